The van der Waals surface area contributed by atoms with Crippen LogP contribution in [0.5, 0.6) is 0 Å². The van der Waals surface area contributed by atoms with Gasteiger partial charge in [0.1, 0.15) is 0 Å². The van der Waals surface area contributed by atoms with Gasteiger partial charge < -0.3 is 4.74 Å². The van der Waals surface area contributed by atoms with E-state index >= 15 is 0 Å². The SMILES string of the molecule is C1CO1.CC=CC. The molecule has 0 aromatic carbocycles. The second kappa shape index (κ2) is 5.70. The predicted molar refractivity (Wildman–Crippen MR) is 31.3 cm³/mol. The molecule has 0 spiro atoms. The Morgan fingerprint density at radius 2 is 1.43 bits per heavy atom. The average molecular weight is 100 g/mol. The molecule has 0 bridgehead atoms. The fourth-order valence-electron chi connectivity index (χ4n) is 0. The van der Waals surface area contributed by atoms with E-state index in [1.807, 2.05) is 26.0 Å². The van der Waals surface area contributed by atoms with E-state index in [1.54, 1.807) is 0 Å². The Bertz CT molecular complexity index is 39.4. The molecule has 0 saturated carbocycles. The van der Waals surface area contributed by atoms with E-state index in [2.05, 4.69) is 4.74 Å². The van der Waals surface area contributed by atoms with Crippen molar-refractivity contribution in [1.29, 1.82) is 0 Å². The van der Waals surface area contributed by atoms with Gasteiger partial charge in [-0.15, -0.1) is 0 Å². The van der Waals surface area contributed by atoms with Crippen molar-refractivity contribution >= 4 is 0 Å². The molecule has 7 heavy (non-hydrogen) atoms. The van der Waals surface area contributed by atoms with Crippen molar-refractivity contribution in [2.24, 2.45) is 0 Å². The van der Waals surface area contributed by atoms with Crippen molar-refractivity contribution in [2.75, 3.05) is 13.2 Å². The Morgan fingerprint density at radius 3 is 1.43 bits per heavy atom. The predicted octanol–water partition coefficient (Wildman–Crippen LogP) is 1.60. The molecule has 1 nitrogen and oxygen atoms in total. The van der Waals surface area contributed by atoms with Crippen LogP contribution in [-0.2, 0) is 4.74 Å². The molecule has 0 aromatic heterocycles. The second-order valence-corrected chi connectivity index (χ2v) is 1.28. The van der Waals surface area contributed by atoms with Gasteiger partial charge in [-0.25, -0.2) is 0 Å². The fraction of sp³-hybridized carbons (Fsp3) is 0.667. The first kappa shape index (κ1) is 6.70. The van der Waals surface area contributed by atoms with Crippen molar-refractivity contribution in [2.45, 2.75) is 13.8 Å². The Labute approximate surface area is 45.0 Å². The van der Waals surface area contributed by atoms with Gasteiger partial charge in [-0.05, 0) is 13.8 Å². The van der Waals surface area contributed by atoms with E-state index in [0.717, 1.165) is 13.2 Å². The molecule has 0 aliphatic carbocycles. The number of hydrogen-bond acceptors (Lipinski definition) is 1. The Morgan fingerprint density at radius 1 is 1.14 bits per heavy atom. The molecule has 0 radical (unpaired) electrons. The van der Waals surface area contributed by atoms with Gasteiger partial charge in [0, 0.05) is 0 Å². The van der Waals surface area contributed by atoms with Crippen molar-refractivity contribution in [3.8, 4) is 0 Å². The highest BCUT2D eigenvalue weighted by Crippen LogP contribution is 1.84. The lowest BCUT2D eigenvalue weighted by Crippen LogP contribution is -1.26. The van der Waals surface area contributed by atoms with E-state index < -0.39 is 0 Å². The van der Waals surface area contributed by atoms with E-state index in [1.165, 1.54) is 0 Å². The summed E-state index contributed by atoms with van der Waals surface area (Å²) in [5.74, 6) is 0. The summed E-state index contributed by atoms with van der Waals surface area (Å²) in [7, 11) is 0. The number of allylic oxidation sites excluding steroid dienone is 2. The van der Waals surface area contributed by atoms with Crippen LogP contribution in [0.1, 0.15) is 13.8 Å². The Balaban J connectivity index is 0.000000105. The van der Waals surface area contributed by atoms with Gasteiger partial charge >= 0.3 is 0 Å². The molecule has 1 aliphatic rings. The lowest BCUT2D eigenvalue weighted by Gasteiger charge is -1.49. The summed E-state index contributed by atoms with van der Waals surface area (Å²) < 4.78 is 4.50. The molecule has 42 valence electrons. The van der Waals surface area contributed by atoms with E-state index in [4.69, 9.17) is 0 Å². The minimum Gasteiger partial charge on any atom is -0.377 e. The summed E-state index contributed by atoms with van der Waals surface area (Å²) in [6, 6.07) is 0. The number of rotatable bonds is 0. The van der Waals surface area contributed by atoms with Crippen LogP contribution in [0.3, 0.4) is 0 Å². The van der Waals surface area contributed by atoms with Crippen LogP contribution in [0, 0.1) is 0 Å². The minimum atomic E-state index is 1.00. The highest BCUT2D eigenvalue weighted by Gasteiger charge is 1.94. The zero-order valence-electron chi connectivity index (χ0n) is 4.98. The average Bonchev–Trinajstić information content (AvgIpc) is 2.47. The largest absolute Gasteiger partial charge is 0.377 e. The smallest absolute Gasteiger partial charge is 0.0701 e. The summed E-state index contributed by atoms with van der Waals surface area (Å²) >= 11 is 0. The first-order chi connectivity index (χ1) is 3.41. The molecule has 1 fully saturated rings. The van der Waals surface area contributed by atoms with Crippen LogP contribution in [0.25, 0.3) is 0 Å². The van der Waals surface area contributed by atoms with Gasteiger partial charge in [-0.2, -0.15) is 0 Å². The third kappa shape index (κ3) is 27.0. The molecule has 0 aromatic rings. The van der Waals surface area contributed by atoms with Crippen LogP contribution < -0.4 is 0 Å². The molecule has 1 heterocycles. The Hall–Kier alpha value is -0.300. The summed E-state index contributed by atoms with van der Waals surface area (Å²) in [5, 5.41) is 0. The summed E-state index contributed by atoms with van der Waals surface area (Å²) in [6.07, 6.45) is 4.00. The maximum atomic E-state index is 4.50. The summed E-state index contributed by atoms with van der Waals surface area (Å²) in [6.45, 7) is 6.00. The van der Waals surface area contributed by atoms with Crippen LogP contribution in [-0.4, -0.2) is 13.2 Å². The quantitative estimate of drug-likeness (QED) is 0.333. The molecule has 0 N–H and O–H groups in total. The van der Waals surface area contributed by atoms with E-state index in [9.17, 15) is 0 Å². The van der Waals surface area contributed by atoms with E-state index in [-0.39, 0.29) is 0 Å². The van der Waals surface area contributed by atoms with Crippen molar-refractivity contribution in [3.63, 3.8) is 0 Å². The molecule has 1 rings (SSSR count). The van der Waals surface area contributed by atoms with Crippen molar-refractivity contribution < 1.29 is 4.74 Å². The topological polar surface area (TPSA) is 12.5 Å². The highest BCUT2D eigenvalue weighted by atomic mass is 16.6. The number of ether oxygens (including phenoxy) is 1. The zero-order chi connectivity index (χ0) is 5.54. The first-order valence-electron chi connectivity index (χ1n) is 2.57. The van der Waals surface area contributed by atoms with E-state index in [0.29, 0.717) is 0 Å². The highest BCUT2D eigenvalue weighted by molar-refractivity contribution is 4.68. The second-order valence-electron chi connectivity index (χ2n) is 1.28. The molecule has 1 saturated heterocycles. The Kier molecular flexibility index (Phi) is 5.46. The lowest BCUT2D eigenvalue weighted by molar-refractivity contribution is 0.475. The van der Waals surface area contributed by atoms with Crippen LogP contribution in [0.2, 0.25) is 0 Å². The molecular weight excluding hydrogens is 88.1 g/mol. The molecule has 0 atom stereocenters. The van der Waals surface area contributed by atoms with Gasteiger partial charge in [0.15, 0.2) is 0 Å². The third-order valence-corrected chi connectivity index (χ3v) is 0.537. The fourth-order valence-corrected chi connectivity index (χ4v) is 0. The van der Waals surface area contributed by atoms with Crippen molar-refractivity contribution in [3.05, 3.63) is 12.2 Å². The van der Waals surface area contributed by atoms with Gasteiger partial charge in [0.05, 0.1) is 13.2 Å². The van der Waals surface area contributed by atoms with Crippen molar-refractivity contribution in [1.82, 2.24) is 0 Å². The zero-order valence-corrected chi connectivity index (χ0v) is 4.98. The molecule has 0 unspecified atom stereocenters. The van der Waals surface area contributed by atoms with Gasteiger partial charge in [0.2, 0.25) is 0 Å². The number of hydrogen-bond donors (Lipinski definition) is 0. The molecule has 1 heteroatoms. The standard InChI is InChI=1S/C4H8.C2H4O/c1-3-4-2;1-2-3-1/h3-4H,1-2H3;1-2H2. The normalized spacial score (nSPS) is 15.7. The van der Waals surface area contributed by atoms with Crippen LogP contribution in [0.15, 0.2) is 12.2 Å². The summed E-state index contributed by atoms with van der Waals surface area (Å²) in [4.78, 5) is 0. The number of epoxide rings is 1. The maximum absolute atomic E-state index is 4.50. The van der Waals surface area contributed by atoms with Gasteiger partial charge in [0.25, 0.3) is 0 Å². The third-order valence-electron chi connectivity index (χ3n) is 0.537. The minimum absolute atomic E-state index is 1.00. The lowest BCUT2D eigenvalue weighted by atomic mass is 10.6. The molecular formula is C6H12O. The molecule has 1 aliphatic heterocycles. The van der Waals surface area contributed by atoms with Gasteiger partial charge in [-0.1, -0.05) is 12.2 Å². The van der Waals surface area contributed by atoms with Gasteiger partial charge in [-0.3, -0.25) is 0 Å². The maximum Gasteiger partial charge on any atom is 0.0701 e. The first-order valence-corrected chi connectivity index (χ1v) is 2.57. The van der Waals surface area contributed by atoms with Crippen LogP contribution >= 0.6 is 0 Å². The van der Waals surface area contributed by atoms with Crippen LogP contribution in [0.4, 0.5) is 0 Å². The molecule has 0 amide bonds. The monoisotopic (exact) mass is 100 g/mol. The summed E-state index contributed by atoms with van der Waals surface area (Å²) in [5.41, 5.74) is 0.